The summed E-state index contributed by atoms with van der Waals surface area (Å²) in [6.45, 7) is 0.500. The Kier molecular flexibility index (Phi) is 117. The van der Waals surface area contributed by atoms with Crippen molar-refractivity contribution in [1.29, 1.82) is 0 Å². The van der Waals surface area contributed by atoms with Crippen molar-refractivity contribution in [2.24, 2.45) is 0 Å². The summed E-state index contributed by atoms with van der Waals surface area (Å²) < 4.78 is 0. The summed E-state index contributed by atoms with van der Waals surface area (Å²) >= 11 is 0. The Balaban J connectivity index is -0.0000000200. The van der Waals surface area contributed by atoms with Gasteiger partial charge in [0.05, 0.1) is 0 Å². The average Bonchev–Trinajstić information content (AvgIpc) is 0.918. The largest absolute Gasteiger partial charge is 1.00 e. The fourth-order valence-corrected chi connectivity index (χ4v) is 0. The molecule has 0 aliphatic carbocycles. The number of rotatable bonds is 0. The minimum Gasteiger partial charge on any atom is -0.665 e. The Hall–Kier alpha value is 0.170. The second-order valence-electron chi connectivity index (χ2n) is 0.0913. The Morgan fingerprint density at radius 3 is 1.60 bits per heavy atom. The van der Waals surface area contributed by atoms with Crippen molar-refractivity contribution in [2.75, 3.05) is 0 Å². The Morgan fingerprint density at radius 1 is 1.60 bits per heavy atom. The molecule has 36 valence electrons. The van der Waals surface area contributed by atoms with E-state index < -0.39 is 0 Å². The second-order valence-corrected chi connectivity index (χ2v) is 0.0913. The van der Waals surface area contributed by atoms with Gasteiger partial charge in [0.2, 0.25) is 0 Å². The van der Waals surface area contributed by atoms with Gasteiger partial charge in [-0.2, -0.15) is 0 Å². The van der Waals surface area contributed by atoms with Crippen molar-refractivity contribution in [2.45, 2.75) is 0 Å². The minimum absolute atomic E-state index is 0. The third kappa shape index (κ3) is 678. The fraction of sp³-hybridized carbons (Fsp3) is 0. The molecule has 4 heteroatoms. The Bertz CT molecular complexity index is 17.1. The van der Waals surface area contributed by atoms with Crippen LogP contribution in [0.4, 0.5) is 0 Å². The summed E-state index contributed by atoms with van der Waals surface area (Å²) in [4.78, 5) is 8.24. The molecule has 0 aliphatic rings. The van der Waals surface area contributed by atoms with Gasteiger partial charge in [-0.3, -0.25) is 0 Å². The zero-order chi connectivity index (χ0) is 2.71. The van der Waals surface area contributed by atoms with Crippen molar-refractivity contribution >= 4 is 6.47 Å². The van der Waals surface area contributed by atoms with E-state index in [-0.39, 0.29) is 28.5 Å². The number of hydrogen-bond acceptors (Lipinski definition) is 2. The molecule has 0 heterocycles. The molecule has 3 nitrogen and oxygen atoms in total. The molecule has 0 bridgehead atoms. The van der Waals surface area contributed by atoms with Crippen LogP contribution in [0.25, 0.3) is 0 Å². The molecule has 5 heavy (non-hydrogen) atoms. The molecule has 0 aromatic rings. The quantitative estimate of drug-likeness (QED) is 0.389. The summed E-state index contributed by atoms with van der Waals surface area (Å²) in [6.07, 6.45) is 0. The molecule has 0 radical (unpaired) electrons. The van der Waals surface area contributed by atoms with Gasteiger partial charge in [0.25, 0.3) is 0 Å². The van der Waals surface area contributed by atoms with E-state index in [0.29, 0.717) is 6.47 Å². The van der Waals surface area contributed by atoms with Crippen LogP contribution in [0.3, 0.4) is 0 Å². The van der Waals surface area contributed by atoms with Crippen LogP contribution in [0.5, 0.6) is 0 Å². The average molecular weight is 170 g/mol. The third-order valence-corrected chi connectivity index (χ3v) is 0. The third-order valence-electron chi connectivity index (χ3n) is 0. The zero-order valence-electron chi connectivity index (χ0n) is 2.36. The number of aliphatic hydroxyl groups excluding tert-OH is 1. The van der Waals surface area contributed by atoms with Gasteiger partial charge in [0, 0.05) is 0 Å². The van der Waals surface area contributed by atoms with Gasteiger partial charge < -0.3 is 16.1 Å². The summed E-state index contributed by atoms with van der Waals surface area (Å²) in [5, 5.41) is 6.76. The topological polar surface area (TPSA) is 72.3 Å². The van der Waals surface area contributed by atoms with Crippen LogP contribution in [-0.4, -0.2) is 11.6 Å². The van der Waals surface area contributed by atoms with Crippen LogP contribution < -0.4 is 6.15 Å². The van der Waals surface area contributed by atoms with Crippen LogP contribution in [0.2, 0.25) is 0 Å². The van der Waals surface area contributed by atoms with E-state index in [1.807, 2.05) is 0 Å². The molecule has 0 amide bonds. The van der Waals surface area contributed by atoms with Crippen LogP contribution in [0, 0.1) is 0 Å². The fourth-order valence-electron chi connectivity index (χ4n) is 0. The summed E-state index contributed by atoms with van der Waals surface area (Å²) in [5.74, 6) is 0. The van der Waals surface area contributed by atoms with Crippen LogP contribution in [0.1, 0.15) is 0 Å². The van der Waals surface area contributed by atoms with Crippen molar-refractivity contribution in [1.82, 2.24) is 6.15 Å². The minimum atomic E-state index is 0. The van der Waals surface area contributed by atoms with E-state index >= 15 is 0 Å². The molecule has 0 rings (SSSR count). The van der Waals surface area contributed by atoms with E-state index in [2.05, 4.69) is 0 Å². The molecule has 0 aromatic carbocycles. The predicted molar refractivity (Wildman–Crippen MR) is 13.3 cm³/mol. The van der Waals surface area contributed by atoms with Gasteiger partial charge >= 0.3 is 22.4 Å². The second kappa shape index (κ2) is 30.6. The van der Waals surface area contributed by atoms with E-state index in [1.54, 1.807) is 0 Å². The summed E-state index contributed by atoms with van der Waals surface area (Å²) in [7, 11) is 0. The van der Waals surface area contributed by atoms with Crippen LogP contribution in [-0.2, 0) is 27.2 Å². The Morgan fingerprint density at radius 2 is 1.60 bits per heavy atom. The van der Waals surface area contributed by atoms with Crippen molar-refractivity contribution < 1.29 is 32.3 Å². The first kappa shape index (κ1) is 19.1. The maximum Gasteiger partial charge on any atom is 1.00 e. The van der Waals surface area contributed by atoms with Gasteiger partial charge in [0.15, 0.2) is 0 Å². The van der Waals surface area contributed by atoms with E-state index in [1.165, 1.54) is 0 Å². The number of hydrogen-bond donors (Lipinski definition) is 2. The van der Waals surface area contributed by atoms with Gasteiger partial charge in [-0.05, 0) is 0 Å². The molecular formula is CH4AgNO2. The normalized spacial score (nSPS) is 2.40. The van der Waals surface area contributed by atoms with Gasteiger partial charge in [-0.15, -0.1) is 0 Å². The van der Waals surface area contributed by atoms with Gasteiger partial charge in [-0.1, -0.05) is 6.47 Å². The maximum absolute atomic E-state index is 8.24. The van der Waals surface area contributed by atoms with Crippen molar-refractivity contribution in [3.8, 4) is 0 Å². The zero-order valence-corrected chi connectivity index (χ0v) is 3.85. The van der Waals surface area contributed by atoms with Gasteiger partial charge in [0.1, 0.15) is 0 Å². The first-order valence-electron chi connectivity index (χ1n) is 0.428. The van der Waals surface area contributed by atoms with Crippen molar-refractivity contribution in [3.63, 3.8) is 0 Å². The van der Waals surface area contributed by atoms with Crippen molar-refractivity contribution in [3.05, 3.63) is 0 Å². The SMILES string of the molecule is N.O=[C-]O.[Ag+]. The van der Waals surface area contributed by atoms with Crippen LogP contribution >= 0.6 is 0 Å². The smallest absolute Gasteiger partial charge is 0.665 e. The first-order chi connectivity index (χ1) is 1.41. The first-order valence-corrected chi connectivity index (χ1v) is 0.428. The summed E-state index contributed by atoms with van der Waals surface area (Å²) in [5.41, 5.74) is 0. The maximum atomic E-state index is 8.24. The summed E-state index contributed by atoms with van der Waals surface area (Å²) in [6, 6.07) is 0. The molecule has 4 N–H and O–H groups in total. The molecule has 0 aliphatic heterocycles. The monoisotopic (exact) mass is 169 g/mol. The van der Waals surface area contributed by atoms with E-state index in [9.17, 15) is 0 Å². The van der Waals surface area contributed by atoms with E-state index in [4.69, 9.17) is 9.90 Å². The van der Waals surface area contributed by atoms with Gasteiger partial charge in [-0.25, -0.2) is 0 Å². The molecule has 0 unspecified atom stereocenters. The standard InChI is InChI=1S/CHO2.Ag.H3N/c2-1-3;;/h(H,2,3);;1H3/q-1;+1;. The molecule has 0 fully saturated rings. The molecule has 0 saturated heterocycles. The molecular weight excluding hydrogens is 166 g/mol. The molecule has 0 aromatic heterocycles. The molecule has 0 saturated carbocycles. The van der Waals surface area contributed by atoms with E-state index in [0.717, 1.165) is 0 Å². The Labute approximate surface area is 45.5 Å². The van der Waals surface area contributed by atoms with Crippen LogP contribution in [0.15, 0.2) is 0 Å². The molecule has 0 spiro atoms. The predicted octanol–water partition coefficient (Wildman–Crippen LogP) is -0.229. The molecule has 0 atom stereocenters.